The topological polar surface area (TPSA) is 46.3 Å². The maximum Gasteiger partial charge on any atom is 0.260 e. The van der Waals surface area contributed by atoms with E-state index in [1.807, 2.05) is 0 Å². The highest BCUT2D eigenvalue weighted by Gasteiger charge is 2.15. The zero-order valence-corrected chi connectivity index (χ0v) is 9.37. The summed E-state index contributed by atoms with van der Waals surface area (Å²) < 4.78 is 18.6. The first kappa shape index (κ1) is 11.2. The summed E-state index contributed by atoms with van der Waals surface area (Å²) in [5.74, 6) is -0.424. The second-order valence-corrected chi connectivity index (χ2v) is 4.22. The lowest BCUT2D eigenvalue weighted by atomic mass is 10.1. The van der Waals surface area contributed by atoms with Crippen molar-refractivity contribution in [1.82, 2.24) is 4.98 Å². The molecule has 1 aromatic carbocycles. The first-order valence-electron chi connectivity index (χ1n) is 4.72. The number of oxazole rings is 1. The lowest BCUT2D eigenvalue weighted by Gasteiger charge is -2.10. The molecule has 2 rings (SSSR count). The van der Waals surface area contributed by atoms with Gasteiger partial charge in [0.15, 0.2) is 0 Å². The van der Waals surface area contributed by atoms with Crippen molar-refractivity contribution in [2.75, 3.05) is 0 Å². The van der Waals surface area contributed by atoms with Crippen molar-refractivity contribution in [3.63, 3.8) is 0 Å². The molecule has 0 aliphatic heterocycles. The lowest BCUT2D eigenvalue weighted by molar-refractivity contribution is 0.191. The van der Waals surface area contributed by atoms with E-state index >= 15 is 0 Å². The number of aliphatic hydroxyl groups is 1. The van der Waals surface area contributed by atoms with Gasteiger partial charge in [-0.25, -0.2) is 9.37 Å². The Balaban J connectivity index is 2.37. The van der Waals surface area contributed by atoms with Gasteiger partial charge in [0.2, 0.25) is 0 Å². The number of rotatable bonds is 3. The van der Waals surface area contributed by atoms with Crippen molar-refractivity contribution in [2.24, 2.45) is 0 Å². The van der Waals surface area contributed by atoms with Crippen LogP contribution in [-0.4, -0.2) is 10.1 Å². The van der Waals surface area contributed by atoms with Gasteiger partial charge in [0.05, 0.1) is 12.3 Å². The van der Waals surface area contributed by atoms with Crippen LogP contribution in [0.15, 0.2) is 45.2 Å². The van der Waals surface area contributed by atoms with Crippen molar-refractivity contribution < 1.29 is 13.9 Å². The third-order valence-electron chi connectivity index (χ3n) is 2.04. The summed E-state index contributed by atoms with van der Waals surface area (Å²) in [7, 11) is 0. The fraction of sp³-hybridized carbons (Fsp3) is 0.182. The largest absolute Gasteiger partial charge is 0.440 e. The van der Waals surface area contributed by atoms with Crippen molar-refractivity contribution in [3.8, 4) is 0 Å². The van der Waals surface area contributed by atoms with E-state index in [2.05, 4.69) is 4.98 Å². The fourth-order valence-electron chi connectivity index (χ4n) is 1.37. The molecular formula is C11H10FNO2S. The molecule has 5 heteroatoms. The number of benzene rings is 1. The molecule has 0 aliphatic carbocycles. The van der Waals surface area contributed by atoms with Crippen LogP contribution in [0.1, 0.15) is 18.6 Å². The maximum absolute atomic E-state index is 13.5. The van der Waals surface area contributed by atoms with Gasteiger partial charge in [-0.15, -0.1) is 0 Å². The molecule has 0 unspecified atom stereocenters. The molecule has 0 spiro atoms. The summed E-state index contributed by atoms with van der Waals surface area (Å²) in [5, 5.41) is 9.93. The molecule has 1 aromatic heterocycles. The van der Waals surface area contributed by atoms with Crippen LogP contribution in [0.2, 0.25) is 0 Å². The number of hydrogen-bond acceptors (Lipinski definition) is 4. The molecule has 0 bridgehead atoms. The van der Waals surface area contributed by atoms with Crippen LogP contribution in [0.25, 0.3) is 0 Å². The van der Waals surface area contributed by atoms with Crippen molar-refractivity contribution in [2.45, 2.75) is 23.1 Å². The highest BCUT2D eigenvalue weighted by atomic mass is 32.2. The Morgan fingerprint density at radius 3 is 2.94 bits per heavy atom. The van der Waals surface area contributed by atoms with E-state index in [0.717, 1.165) is 0 Å². The predicted octanol–water partition coefficient (Wildman–Crippen LogP) is 3.02. The number of halogens is 1. The Kier molecular flexibility index (Phi) is 3.26. The first-order chi connectivity index (χ1) is 7.68. The van der Waals surface area contributed by atoms with Gasteiger partial charge >= 0.3 is 0 Å². The highest BCUT2D eigenvalue weighted by Crippen LogP contribution is 2.33. The van der Waals surface area contributed by atoms with E-state index in [0.29, 0.717) is 10.1 Å². The summed E-state index contributed by atoms with van der Waals surface area (Å²) >= 11 is 1.19. The zero-order chi connectivity index (χ0) is 11.5. The molecule has 0 amide bonds. The molecule has 0 saturated carbocycles. The second kappa shape index (κ2) is 4.67. The van der Waals surface area contributed by atoms with Crippen LogP contribution >= 0.6 is 11.8 Å². The third-order valence-corrected chi connectivity index (χ3v) is 2.99. The van der Waals surface area contributed by atoms with Gasteiger partial charge in [0, 0.05) is 10.5 Å². The molecule has 0 aliphatic rings. The minimum absolute atomic E-state index is 0.269. The smallest absolute Gasteiger partial charge is 0.260 e. The molecule has 1 heterocycles. The Morgan fingerprint density at radius 2 is 2.31 bits per heavy atom. The summed E-state index contributed by atoms with van der Waals surface area (Å²) in [6, 6.07) is 4.63. The Bertz CT molecular complexity index is 471. The van der Waals surface area contributed by atoms with Gasteiger partial charge in [-0.1, -0.05) is 6.07 Å². The van der Waals surface area contributed by atoms with E-state index in [9.17, 15) is 9.50 Å². The normalized spacial score (nSPS) is 12.7. The summed E-state index contributed by atoms with van der Waals surface area (Å²) in [4.78, 5) is 4.54. The molecular weight excluding hydrogens is 229 g/mol. The Morgan fingerprint density at radius 1 is 1.50 bits per heavy atom. The zero-order valence-electron chi connectivity index (χ0n) is 8.55. The number of hydrogen-bond donors (Lipinski definition) is 1. The predicted molar refractivity (Wildman–Crippen MR) is 57.7 cm³/mol. The molecule has 0 radical (unpaired) electrons. The minimum atomic E-state index is -0.862. The monoisotopic (exact) mass is 239 g/mol. The van der Waals surface area contributed by atoms with Crippen molar-refractivity contribution in [3.05, 3.63) is 42.0 Å². The molecule has 84 valence electrons. The van der Waals surface area contributed by atoms with Crippen LogP contribution < -0.4 is 0 Å². The first-order valence-corrected chi connectivity index (χ1v) is 5.54. The number of aliphatic hydroxyl groups excluding tert-OH is 1. The van der Waals surface area contributed by atoms with Gasteiger partial charge in [-0.05, 0) is 30.8 Å². The van der Waals surface area contributed by atoms with Crippen molar-refractivity contribution in [1.29, 1.82) is 0 Å². The fourth-order valence-corrected chi connectivity index (χ4v) is 2.30. The summed E-state index contributed by atoms with van der Waals surface area (Å²) in [6.07, 6.45) is 2.10. The van der Waals surface area contributed by atoms with E-state index in [1.54, 1.807) is 12.1 Å². The van der Waals surface area contributed by atoms with E-state index in [-0.39, 0.29) is 5.56 Å². The average molecular weight is 239 g/mol. The molecule has 2 aromatic rings. The van der Waals surface area contributed by atoms with Gasteiger partial charge in [-0.3, -0.25) is 0 Å². The van der Waals surface area contributed by atoms with Gasteiger partial charge in [0.25, 0.3) is 5.22 Å². The molecule has 1 N–H and O–H groups in total. The third kappa shape index (κ3) is 2.25. The van der Waals surface area contributed by atoms with Crippen LogP contribution in [-0.2, 0) is 0 Å². The Labute approximate surface area is 96.3 Å². The van der Waals surface area contributed by atoms with Crippen LogP contribution in [0.5, 0.6) is 0 Å². The number of aromatic nitrogens is 1. The number of nitrogens with zero attached hydrogens (tertiary/aromatic N) is 1. The van der Waals surface area contributed by atoms with E-state index < -0.39 is 11.9 Å². The lowest BCUT2D eigenvalue weighted by Crippen LogP contribution is -1.98. The molecule has 1 atom stereocenters. The minimum Gasteiger partial charge on any atom is -0.440 e. The average Bonchev–Trinajstić information content (AvgIpc) is 2.70. The highest BCUT2D eigenvalue weighted by molar-refractivity contribution is 7.99. The van der Waals surface area contributed by atoms with Crippen molar-refractivity contribution >= 4 is 11.8 Å². The molecule has 16 heavy (non-hydrogen) atoms. The van der Waals surface area contributed by atoms with Crippen LogP contribution in [0, 0.1) is 5.82 Å². The van der Waals surface area contributed by atoms with Crippen LogP contribution in [0.4, 0.5) is 4.39 Å². The standard InChI is InChI=1S/C11H10FNO2S/c1-7(14)10-8(12)3-2-4-9(10)16-11-13-5-6-15-11/h2-7,14H,1H3/t7-/m1/s1. The van der Waals surface area contributed by atoms with Gasteiger partial charge in [-0.2, -0.15) is 0 Å². The second-order valence-electron chi connectivity index (χ2n) is 3.23. The Hall–Kier alpha value is -1.33. The van der Waals surface area contributed by atoms with Crippen LogP contribution in [0.3, 0.4) is 0 Å². The van der Waals surface area contributed by atoms with Gasteiger partial charge < -0.3 is 9.52 Å². The molecule has 3 nitrogen and oxygen atoms in total. The molecule has 0 fully saturated rings. The summed E-state index contributed by atoms with van der Waals surface area (Å²) in [5.41, 5.74) is 0.269. The van der Waals surface area contributed by atoms with E-state index in [1.165, 1.54) is 37.2 Å². The quantitative estimate of drug-likeness (QED) is 0.894. The summed E-state index contributed by atoms with van der Waals surface area (Å²) in [6.45, 7) is 1.53. The van der Waals surface area contributed by atoms with E-state index in [4.69, 9.17) is 4.42 Å². The maximum atomic E-state index is 13.5. The van der Waals surface area contributed by atoms with Gasteiger partial charge in [0.1, 0.15) is 12.1 Å². The molecule has 0 saturated heterocycles. The SMILES string of the molecule is C[C@@H](O)c1c(F)cccc1Sc1ncco1.